The van der Waals surface area contributed by atoms with Crippen LogP contribution in [-0.2, 0) is 4.74 Å². The lowest BCUT2D eigenvalue weighted by atomic mass is 10.0. The van der Waals surface area contributed by atoms with Gasteiger partial charge in [0.1, 0.15) is 5.00 Å². The molecule has 0 aliphatic heterocycles. The number of esters is 1. The van der Waals surface area contributed by atoms with Crippen molar-refractivity contribution in [2.45, 2.75) is 33.6 Å². The molecule has 128 valence electrons. The number of rotatable bonds is 4. The van der Waals surface area contributed by atoms with Gasteiger partial charge in [-0.05, 0) is 49.2 Å². The van der Waals surface area contributed by atoms with Crippen molar-refractivity contribution in [3.8, 4) is 0 Å². The summed E-state index contributed by atoms with van der Waals surface area (Å²) in [5.74, 6) is 0.0260. The molecule has 0 radical (unpaired) electrons. The highest BCUT2D eigenvalue weighted by molar-refractivity contribution is 7.80. The van der Waals surface area contributed by atoms with Crippen LogP contribution in [-0.4, -0.2) is 18.2 Å². The van der Waals surface area contributed by atoms with Crippen molar-refractivity contribution in [1.82, 2.24) is 0 Å². The van der Waals surface area contributed by atoms with Gasteiger partial charge in [-0.15, -0.1) is 11.3 Å². The zero-order valence-corrected chi connectivity index (χ0v) is 16.2. The summed E-state index contributed by atoms with van der Waals surface area (Å²) in [7, 11) is 1.38. The van der Waals surface area contributed by atoms with Crippen LogP contribution in [0.5, 0.6) is 0 Å². The maximum absolute atomic E-state index is 12.0. The number of thiophene rings is 1. The van der Waals surface area contributed by atoms with Crippen molar-refractivity contribution in [2.24, 2.45) is 0 Å². The van der Waals surface area contributed by atoms with Gasteiger partial charge in [-0.2, -0.15) is 0 Å². The molecule has 1 heterocycles. The predicted octanol–water partition coefficient (Wildman–Crippen LogP) is 5.08. The van der Waals surface area contributed by atoms with Gasteiger partial charge in [-0.1, -0.05) is 32.0 Å². The van der Waals surface area contributed by atoms with E-state index in [1.54, 1.807) is 0 Å². The summed E-state index contributed by atoms with van der Waals surface area (Å²) >= 11 is 6.93. The molecule has 0 atom stereocenters. The van der Waals surface area contributed by atoms with Gasteiger partial charge in [0.2, 0.25) is 0 Å². The first-order valence-corrected chi connectivity index (χ1v) is 8.92. The average Bonchev–Trinajstić information content (AvgIpc) is 2.81. The SMILES string of the molecule is COC(=O)c1c(NC(=S)Nc2ccccc2C(C)C)sc(C)c1C. The second-order valence-corrected chi connectivity index (χ2v) is 7.43. The molecule has 0 aliphatic rings. The molecule has 0 spiro atoms. The molecule has 6 heteroatoms. The van der Waals surface area contributed by atoms with Crippen molar-refractivity contribution < 1.29 is 9.53 Å². The van der Waals surface area contributed by atoms with E-state index in [4.69, 9.17) is 17.0 Å². The van der Waals surface area contributed by atoms with Crippen molar-refractivity contribution >= 4 is 45.3 Å². The molecule has 2 rings (SSSR count). The molecule has 0 unspecified atom stereocenters. The highest BCUT2D eigenvalue weighted by Gasteiger charge is 2.21. The van der Waals surface area contributed by atoms with Gasteiger partial charge in [0.15, 0.2) is 5.11 Å². The minimum atomic E-state index is -0.357. The van der Waals surface area contributed by atoms with Crippen LogP contribution in [0.2, 0.25) is 0 Å². The highest BCUT2D eigenvalue weighted by Crippen LogP contribution is 2.33. The van der Waals surface area contributed by atoms with Gasteiger partial charge in [-0.25, -0.2) is 4.79 Å². The van der Waals surface area contributed by atoms with Gasteiger partial charge in [0, 0.05) is 10.6 Å². The Morgan fingerprint density at radius 1 is 1.21 bits per heavy atom. The number of benzene rings is 1. The lowest BCUT2D eigenvalue weighted by molar-refractivity contribution is 0.0601. The van der Waals surface area contributed by atoms with Crippen LogP contribution in [0.4, 0.5) is 10.7 Å². The van der Waals surface area contributed by atoms with Gasteiger partial charge in [0.25, 0.3) is 0 Å². The average molecular weight is 363 g/mol. The first-order chi connectivity index (χ1) is 11.3. The number of para-hydroxylation sites is 1. The van der Waals surface area contributed by atoms with Gasteiger partial charge in [0.05, 0.1) is 12.7 Å². The smallest absolute Gasteiger partial charge is 0.341 e. The Bertz CT molecular complexity index is 766. The topological polar surface area (TPSA) is 50.4 Å². The quantitative estimate of drug-likeness (QED) is 0.586. The second-order valence-electron chi connectivity index (χ2n) is 5.80. The molecule has 0 saturated heterocycles. The van der Waals surface area contributed by atoms with Gasteiger partial charge >= 0.3 is 5.97 Å². The Labute approximate surface area is 152 Å². The van der Waals surface area contributed by atoms with Crippen LogP contribution in [0.3, 0.4) is 0 Å². The standard InChI is InChI=1S/C18H22N2O2S2/c1-10(2)13-8-6-7-9-14(13)19-18(23)20-16-15(17(21)22-5)11(3)12(4)24-16/h6-10H,1-5H3,(H2,19,20,23). The third kappa shape index (κ3) is 3.94. The lowest BCUT2D eigenvalue weighted by Crippen LogP contribution is -2.21. The van der Waals surface area contributed by atoms with Gasteiger partial charge < -0.3 is 15.4 Å². The molecule has 0 bridgehead atoms. The molecule has 24 heavy (non-hydrogen) atoms. The fraction of sp³-hybridized carbons (Fsp3) is 0.333. The number of thiocarbonyl (C=S) groups is 1. The number of hydrogen-bond donors (Lipinski definition) is 2. The predicted molar refractivity (Wildman–Crippen MR) is 106 cm³/mol. The molecule has 0 saturated carbocycles. The summed E-state index contributed by atoms with van der Waals surface area (Å²) in [6.45, 7) is 8.16. The molecule has 0 fully saturated rings. The van der Waals surface area contributed by atoms with E-state index in [9.17, 15) is 4.79 Å². The molecule has 1 aromatic heterocycles. The second kappa shape index (κ2) is 7.77. The maximum atomic E-state index is 12.0. The van der Waals surface area contributed by atoms with Crippen LogP contribution >= 0.6 is 23.6 Å². The Morgan fingerprint density at radius 2 is 1.88 bits per heavy atom. The molecule has 1 aromatic carbocycles. The van der Waals surface area contributed by atoms with Crippen LogP contribution in [0, 0.1) is 13.8 Å². The number of ether oxygens (including phenoxy) is 1. The Kier molecular flexibility index (Phi) is 5.96. The lowest BCUT2D eigenvalue weighted by Gasteiger charge is -2.16. The summed E-state index contributed by atoms with van der Waals surface area (Å²) in [4.78, 5) is 13.1. The van der Waals surface area contributed by atoms with E-state index in [0.29, 0.717) is 21.6 Å². The molecule has 2 aromatic rings. The molecule has 2 N–H and O–H groups in total. The van der Waals surface area contributed by atoms with E-state index in [1.807, 2.05) is 32.0 Å². The fourth-order valence-electron chi connectivity index (χ4n) is 2.43. The van der Waals surface area contributed by atoms with E-state index in [2.05, 4.69) is 30.5 Å². The first kappa shape index (κ1) is 18.4. The van der Waals surface area contributed by atoms with E-state index >= 15 is 0 Å². The molecular formula is C18H22N2O2S2. The van der Waals surface area contributed by atoms with E-state index in [-0.39, 0.29) is 5.97 Å². The van der Waals surface area contributed by atoms with Crippen molar-refractivity contribution in [1.29, 1.82) is 0 Å². The Morgan fingerprint density at radius 3 is 2.50 bits per heavy atom. The number of aryl methyl sites for hydroxylation is 1. The number of carbonyl (C=O) groups excluding carboxylic acids is 1. The van der Waals surface area contributed by atoms with E-state index in [1.165, 1.54) is 24.0 Å². The van der Waals surface area contributed by atoms with Crippen LogP contribution in [0.15, 0.2) is 24.3 Å². The third-order valence-corrected chi connectivity index (χ3v) is 5.16. The number of carbonyl (C=O) groups is 1. The molecular weight excluding hydrogens is 340 g/mol. The van der Waals surface area contributed by atoms with Crippen molar-refractivity contribution in [3.63, 3.8) is 0 Å². The molecule has 4 nitrogen and oxygen atoms in total. The third-order valence-electron chi connectivity index (χ3n) is 3.83. The Hall–Kier alpha value is -1.92. The van der Waals surface area contributed by atoms with Crippen LogP contribution < -0.4 is 10.6 Å². The van der Waals surface area contributed by atoms with E-state index in [0.717, 1.165) is 16.1 Å². The molecule has 0 amide bonds. The maximum Gasteiger partial charge on any atom is 0.341 e. The monoisotopic (exact) mass is 362 g/mol. The normalized spacial score (nSPS) is 10.6. The zero-order chi connectivity index (χ0) is 17.9. The Balaban J connectivity index is 2.23. The number of anilines is 2. The minimum Gasteiger partial charge on any atom is -0.465 e. The largest absolute Gasteiger partial charge is 0.465 e. The first-order valence-electron chi connectivity index (χ1n) is 7.70. The summed E-state index contributed by atoms with van der Waals surface area (Å²) < 4.78 is 4.89. The van der Waals surface area contributed by atoms with E-state index < -0.39 is 0 Å². The zero-order valence-electron chi connectivity index (χ0n) is 14.5. The fourth-order valence-corrected chi connectivity index (χ4v) is 3.76. The summed E-state index contributed by atoms with van der Waals surface area (Å²) in [5.41, 5.74) is 3.61. The summed E-state index contributed by atoms with van der Waals surface area (Å²) in [6.07, 6.45) is 0. The number of methoxy groups -OCH3 is 1. The van der Waals surface area contributed by atoms with Crippen LogP contribution in [0.25, 0.3) is 0 Å². The number of hydrogen-bond acceptors (Lipinski definition) is 4. The van der Waals surface area contributed by atoms with Crippen LogP contribution in [0.1, 0.15) is 46.1 Å². The summed E-state index contributed by atoms with van der Waals surface area (Å²) in [6, 6.07) is 8.05. The van der Waals surface area contributed by atoms with Gasteiger partial charge in [-0.3, -0.25) is 0 Å². The summed E-state index contributed by atoms with van der Waals surface area (Å²) in [5, 5.41) is 7.53. The highest BCUT2D eigenvalue weighted by atomic mass is 32.1. The van der Waals surface area contributed by atoms with Crippen molar-refractivity contribution in [2.75, 3.05) is 17.7 Å². The molecule has 0 aliphatic carbocycles. The number of nitrogens with one attached hydrogen (secondary N) is 2. The minimum absolute atomic E-state index is 0.357. The van der Waals surface area contributed by atoms with Crippen molar-refractivity contribution in [3.05, 3.63) is 45.8 Å².